The van der Waals surface area contributed by atoms with Gasteiger partial charge in [0.05, 0.1) is 12.7 Å². The average molecular weight is 264 g/mol. The van der Waals surface area contributed by atoms with Crippen LogP contribution in [0, 0.1) is 5.92 Å². The van der Waals surface area contributed by atoms with Crippen LogP contribution < -0.4 is 4.74 Å². The molecule has 0 amide bonds. The molecular weight excluding hydrogens is 240 g/mol. The number of benzene rings is 1. The van der Waals surface area contributed by atoms with Crippen molar-refractivity contribution in [2.45, 2.75) is 45.3 Å². The molecular formula is C16H24O3. The van der Waals surface area contributed by atoms with Gasteiger partial charge in [-0.05, 0) is 43.9 Å². The van der Waals surface area contributed by atoms with Crippen molar-refractivity contribution in [1.29, 1.82) is 0 Å². The van der Waals surface area contributed by atoms with Crippen LogP contribution in [0.2, 0.25) is 0 Å². The Morgan fingerprint density at radius 2 is 1.89 bits per heavy atom. The minimum Gasteiger partial charge on any atom is -0.491 e. The van der Waals surface area contributed by atoms with E-state index in [9.17, 15) is 5.11 Å². The summed E-state index contributed by atoms with van der Waals surface area (Å²) in [7, 11) is 0. The third-order valence-electron chi connectivity index (χ3n) is 3.28. The number of hydrogen-bond donors (Lipinski definition) is 1. The molecule has 0 spiro atoms. The number of ether oxygens (including phenoxy) is 2. The summed E-state index contributed by atoms with van der Waals surface area (Å²) in [4.78, 5) is 0. The van der Waals surface area contributed by atoms with Crippen LogP contribution in [-0.2, 0) is 4.74 Å². The SMILES string of the molecule is CC(C)Oc1ccc(C(O)COCCC2CC2)cc1. The van der Waals surface area contributed by atoms with Gasteiger partial charge in [-0.15, -0.1) is 0 Å². The topological polar surface area (TPSA) is 38.7 Å². The molecule has 0 radical (unpaired) electrons. The zero-order valence-electron chi connectivity index (χ0n) is 11.8. The lowest BCUT2D eigenvalue weighted by Crippen LogP contribution is -2.09. The zero-order chi connectivity index (χ0) is 13.7. The molecule has 106 valence electrons. The lowest BCUT2D eigenvalue weighted by Gasteiger charge is -2.13. The summed E-state index contributed by atoms with van der Waals surface area (Å²) in [6.45, 7) is 5.13. The average Bonchev–Trinajstić information content (AvgIpc) is 3.18. The summed E-state index contributed by atoms with van der Waals surface area (Å²) in [6.07, 6.45) is 3.45. The van der Waals surface area contributed by atoms with Gasteiger partial charge in [0, 0.05) is 6.61 Å². The van der Waals surface area contributed by atoms with Gasteiger partial charge in [-0.2, -0.15) is 0 Å². The maximum Gasteiger partial charge on any atom is 0.119 e. The van der Waals surface area contributed by atoms with Crippen LogP contribution in [0.1, 0.15) is 44.8 Å². The molecule has 0 aromatic heterocycles. The molecule has 0 saturated heterocycles. The number of aliphatic hydroxyl groups excluding tert-OH is 1. The molecule has 1 atom stereocenters. The van der Waals surface area contributed by atoms with Gasteiger partial charge in [-0.1, -0.05) is 25.0 Å². The first kappa shape index (κ1) is 14.4. The molecule has 1 aliphatic carbocycles. The van der Waals surface area contributed by atoms with Crippen LogP contribution in [0.4, 0.5) is 0 Å². The van der Waals surface area contributed by atoms with Crippen molar-refractivity contribution in [3.63, 3.8) is 0 Å². The van der Waals surface area contributed by atoms with Crippen molar-refractivity contribution in [3.8, 4) is 5.75 Å². The van der Waals surface area contributed by atoms with Gasteiger partial charge in [-0.25, -0.2) is 0 Å². The van der Waals surface area contributed by atoms with E-state index in [4.69, 9.17) is 9.47 Å². The Kier molecular flexibility index (Phi) is 5.23. The zero-order valence-corrected chi connectivity index (χ0v) is 11.8. The van der Waals surface area contributed by atoms with Gasteiger partial charge >= 0.3 is 0 Å². The molecule has 1 aromatic carbocycles. The van der Waals surface area contributed by atoms with E-state index in [1.54, 1.807) is 0 Å². The molecule has 0 aliphatic heterocycles. The number of rotatable bonds is 8. The van der Waals surface area contributed by atoms with Crippen LogP contribution in [-0.4, -0.2) is 24.4 Å². The van der Waals surface area contributed by atoms with E-state index < -0.39 is 6.10 Å². The molecule has 0 heterocycles. The van der Waals surface area contributed by atoms with Crippen LogP contribution in [0.3, 0.4) is 0 Å². The minimum absolute atomic E-state index is 0.168. The van der Waals surface area contributed by atoms with E-state index >= 15 is 0 Å². The van der Waals surface area contributed by atoms with Gasteiger partial charge in [0.25, 0.3) is 0 Å². The van der Waals surface area contributed by atoms with Crippen molar-refractivity contribution in [3.05, 3.63) is 29.8 Å². The largest absolute Gasteiger partial charge is 0.491 e. The van der Waals surface area contributed by atoms with Crippen molar-refractivity contribution in [1.82, 2.24) is 0 Å². The molecule has 1 aromatic rings. The van der Waals surface area contributed by atoms with Crippen molar-refractivity contribution < 1.29 is 14.6 Å². The summed E-state index contributed by atoms with van der Waals surface area (Å²) in [5.41, 5.74) is 0.877. The third-order valence-corrected chi connectivity index (χ3v) is 3.28. The Bertz CT molecular complexity index is 368. The third kappa shape index (κ3) is 5.21. The second kappa shape index (κ2) is 6.92. The first-order chi connectivity index (χ1) is 9.15. The highest BCUT2D eigenvalue weighted by Crippen LogP contribution is 2.32. The molecule has 0 bridgehead atoms. The molecule has 1 N–H and O–H groups in total. The monoisotopic (exact) mass is 264 g/mol. The summed E-state index contributed by atoms with van der Waals surface area (Å²) in [6, 6.07) is 7.57. The van der Waals surface area contributed by atoms with Crippen molar-refractivity contribution in [2.24, 2.45) is 5.92 Å². The van der Waals surface area contributed by atoms with Crippen LogP contribution in [0.25, 0.3) is 0 Å². The van der Waals surface area contributed by atoms with Crippen LogP contribution in [0.5, 0.6) is 5.75 Å². The number of hydrogen-bond acceptors (Lipinski definition) is 3. The van der Waals surface area contributed by atoms with E-state index in [0.717, 1.165) is 30.3 Å². The van der Waals surface area contributed by atoms with Gasteiger partial charge in [-0.3, -0.25) is 0 Å². The standard InChI is InChI=1S/C16H24O3/c1-12(2)19-15-7-5-14(6-8-15)16(17)11-18-10-9-13-3-4-13/h5-8,12-13,16-17H,3-4,9-11H2,1-2H3. The Labute approximate surface area is 115 Å². The smallest absolute Gasteiger partial charge is 0.119 e. The lowest BCUT2D eigenvalue weighted by molar-refractivity contribution is 0.0336. The maximum atomic E-state index is 10.0. The fourth-order valence-electron chi connectivity index (χ4n) is 1.99. The second-order valence-corrected chi connectivity index (χ2v) is 5.56. The Balaban J connectivity index is 1.72. The molecule has 2 rings (SSSR count). The predicted molar refractivity (Wildman–Crippen MR) is 75.3 cm³/mol. The van der Waals surface area contributed by atoms with Gasteiger partial charge in [0.15, 0.2) is 0 Å². The Hall–Kier alpha value is -1.06. The summed E-state index contributed by atoms with van der Waals surface area (Å²) in [5, 5.41) is 10.0. The van der Waals surface area contributed by atoms with Crippen molar-refractivity contribution >= 4 is 0 Å². The van der Waals surface area contributed by atoms with E-state index in [-0.39, 0.29) is 6.10 Å². The summed E-state index contributed by atoms with van der Waals surface area (Å²) >= 11 is 0. The van der Waals surface area contributed by atoms with Crippen molar-refractivity contribution in [2.75, 3.05) is 13.2 Å². The maximum absolute atomic E-state index is 10.0. The van der Waals surface area contributed by atoms with E-state index in [2.05, 4.69) is 0 Å². The van der Waals surface area contributed by atoms with Crippen LogP contribution >= 0.6 is 0 Å². The normalized spacial score (nSPS) is 16.6. The van der Waals surface area contributed by atoms with Gasteiger partial charge < -0.3 is 14.6 Å². The predicted octanol–water partition coefficient (Wildman–Crippen LogP) is 3.32. The van der Waals surface area contributed by atoms with Gasteiger partial charge in [0.2, 0.25) is 0 Å². The number of aliphatic hydroxyl groups is 1. The van der Waals surface area contributed by atoms with E-state index in [0.29, 0.717) is 6.61 Å². The molecule has 1 fully saturated rings. The quantitative estimate of drug-likeness (QED) is 0.732. The molecule has 3 nitrogen and oxygen atoms in total. The Morgan fingerprint density at radius 1 is 1.21 bits per heavy atom. The van der Waals surface area contributed by atoms with Crippen LogP contribution in [0.15, 0.2) is 24.3 Å². The summed E-state index contributed by atoms with van der Waals surface area (Å²) in [5.74, 6) is 1.71. The molecule has 1 saturated carbocycles. The van der Waals surface area contributed by atoms with Gasteiger partial charge in [0.1, 0.15) is 11.9 Å². The fourth-order valence-corrected chi connectivity index (χ4v) is 1.99. The first-order valence-corrected chi connectivity index (χ1v) is 7.17. The second-order valence-electron chi connectivity index (χ2n) is 5.56. The fraction of sp³-hybridized carbons (Fsp3) is 0.625. The highest BCUT2D eigenvalue weighted by atomic mass is 16.5. The highest BCUT2D eigenvalue weighted by molar-refractivity contribution is 5.28. The summed E-state index contributed by atoms with van der Waals surface area (Å²) < 4.78 is 11.1. The molecule has 3 heteroatoms. The first-order valence-electron chi connectivity index (χ1n) is 7.17. The highest BCUT2D eigenvalue weighted by Gasteiger charge is 2.20. The van der Waals surface area contributed by atoms with E-state index in [1.807, 2.05) is 38.1 Å². The molecule has 1 aliphatic rings. The van der Waals surface area contributed by atoms with E-state index in [1.165, 1.54) is 12.8 Å². The molecule has 1 unspecified atom stereocenters. The lowest BCUT2D eigenvalue weighted by atomic mass is 10.1. The molecule has 19 heavy (non-hydrogen) atoms. The minimum atomic E-state index is -0.549. The Morgan fingerprint density at radius 3 is 2.47 bits per heavy atom.